The molecule has 3 nitrogen and oxygen atoms in total. The molecule has 0 radical (unpaired) electrons. The lowest BCUT2D eigenvalue weighted by Crippen LogP contribution is -2.00. The summed E-state index contributed by atoms with van der Waals surface area (Å²) >= 11 is 7.57. The van der Waals surface area contributed by atoms with Gasteiger partial charge in [-0.25, -0.2) is 4.98 Å². The maximum Gasteiger partial charge on any atom is 0.205 e. The first-order chi connectivity index (χ1) is 13.2. The van der Waals surface area contributed by atoms with Crippen LogP contribution in [0.1, 0.15) is 15.2 Å². The van der Waals surface area contributed by atoms with Crippen LogP contribution in [0.15, 0.2) is 84.9 Å². The molecule has 0 unspecified atom stereocenters. The number of ketones is 1. The molecule has 132 valence electrons. The number of carbonyl (C=O) groups excluding carboxylic acids is 1. The van der Waals surface area contributed by atoms with Gasteiger partial charge in [0.05, 0.1) is 16.4 Å². The fourth-order valence-corrected chi connectivity index (χ4v) is 3.86. The predicted molar refractivity (Wildman–Crippen MR) is 112 cm³/mol. The van der Waals surface area contributed by atoms with Crippen LogP contribution in [0, 0.1) is 0 Å². The Labute approximate surface area is 166 Å². The van der Waals surface area contributed by atoms with E-state index in [2.05, 4.69) is 5.32 Å². The van der Waals surface area contributed by atoms with Crippen LogP contribution in [0.4, 0.5) is 10.8 Å². The number of halogens is 1. The number of para-hydroxylation sites is 1. The number of aromatic nitrogens is 1. The summed E-state index contributed by atoms with van der Waals surface area (Å²) in [5.74, 6) is -0.0424. The molecule has 1 heterocycles. The second-order valence-corrected chi connectivity index (χ2v) is 7.27. The van der Waals surface area contributed by atoms with E-state index in [-0.39, 0.29) is 5.78 Å². The van der Waals surface area contributed by atoms with E-state index in [0.29, 0.717) is 26.3 Å². The Balaban J connectivity index is 1.78. The Bertz CT molecular complexity index is 1080. The van der Waals surface area contributed by atoms with Crippen LogP contribution >= 0.6 is 22.9 Å². The lowest BCUT2D eigenvalue weighted by molar-refractivity contribution is 0.104. The topological polar surface area (TPSA) is 42.0 Å². The zero-order chi connectivity index (χ0) is 18.6. The molecule has 4 rings (SSSR count). The van der Waals surface area contributed by atoms with Crippen molar-refractivity contribution in [3.8, 4) is 11.3 Å². The summed E-state index contributed by atoms with van der Waals surface area (Å²) in [4.78, 5) is 18.4. The van der Waals surface area contributed by atoms with Crippen molar-refractivity contribution in [2.75, 3.05) is 5.32 Å². The number of nitrogens with one attached hydrogen (secondary N) is 1. The molecule has 27 heavy (non-hydrogen) atoms. The smallest absolute Gasteiger partial charge is 0.205 e. The van der Waals surface area contributed by atoms with E-state index in [4.69, 9.17) is 16.6 Å². The van der Waals surface area contributed by atoms with Crippen molar-refractivity contribution in [2.45, 2.75) is 0 Å². The second kappa shape index (κ2) is 7.74. The van der Waals surface area contributed by atoms with Gasteiger partial charge in [0.25, 0.3) is 0 Å². The average molecular weight is 391 g/mol. The first-order valence-corrected chi connectivity index (χ1v) is 9.59. The number of hydrogen-bond donors (Lipinski definition) is 1. The summed E-state index contributed by atoms with van der Waals surface area (Å²) in [6.45, 7) is 0. The Morgan fingerprint density at radius 1 is 0.852 bits per heavy atom. The maximum absolute atomic E-state index is 13.1. The molecule has 0 aliphatic heterocycles. The minimum Gasteiger partial charge on any atom is -0.330 e. The zero-order valence-electron chi connectivity index (χ0n) is 14.2. The van der Waals surface area contributed by atoms with Gasteiger partial charge in [0.1, 0.15) is 4.88 Å². The van der Waals surface area contributed by atoms with E-state index in [9.17, 15) is 4.79 Å². The van der Waals surface area contributed by atoms with Crippen molar-refractivity contribution < 1.29 is 4.79 Å². The summed E-state index contributed by atoms with van der Waals surface area (Å²) in [5.41, 5.74) is 2.97. The maximum atomic E-state index is 13.1. The molecule has 0 atom stereocenters. The highest BCUT2D eigenvalue weighted by molar-refractivity contribution is 7.18. The first-order valence-electron chi connectivity index (χ1n) is 8.40. The third kappa shape index (κ3) is 3.77. The van der Waals surface area contributed by atoms with Crippen LogP contribution in [0.2, 0.25) is 5.02 Å². The third-order valence-corrected chi connectivity index (χ3v) is 5.33. The van der Waals surface area contributed by atoms with Gasteiger partial charge in [-0.3, -0.25) is 4.79 Å². The highest BCUT2D eigenvalue weighted by Crippen LogP contribution is 2.35. The molecule has 0 amide bonds. The van der Waals surface area contributed by atoms with E-state index in [1.807, 2.05) is 84.9 Å². The monoisotopic (exact) mass is 390 g/mol. The Kier molecular flexibility index (Phi) is 5.01. The van der Waals surface area contributed by atoms with E-state index in [0.717, 1.165) is 11.3 Å². The molecule has 0 fully saturated rings. The van der Waals surface area contributed by atoms with Gasteiger partial charge in [0.15, 0.2) is 5.13 Å². The largest absolute Gasteiger partial charge is 0.330 e. The minimum atomic E-state index is -0.0424. The number of hydrogen-bond acceptors (Lipinski definition) is 4. The van der Waals surface area contributed by atoms with Gasteiger partial charge in [-0.2, -0.15) is 0 Å². The zero-order valence-corrected chi connectivity index (χ0v) is 15.8. The van der Waals surface area contributed by atoms with Gasteiger partial charge in [0, 0.05) is 11.1 Å². The lowest BCUT2D eigenvalue weighted by atomic mass is 10.1. The second-order valence-electron chi connectivity index (χ2n) is 5.86. The van der Waals surface area contributed by atoms with Crippen molar-refractivity contribution in [1.82, 2.24) is 4.98 Å². The highest BCUT2D eigenvalue weighted by atomic mass is 35.5. The average Bonchev–Trinajstić information content (AvgIpc) is 3.14. The summed E-state index contributed by atoms with van der Waals surface area (Å²) in [7, 11) is 0. The fourth-order valence-electron chi connectivity index (χ4n) is 2.72. The van der Waals surface area contributed by atoms with Crippen LogP contribution in [0.5, 0.6) is 0 Å². The van der Waals surface area contributed by atoms with Gasteiger partial charge >= 0.3 is 0 Å². The van der Waals surface area contributed by atoms with Crippen molar-refractivity contribution in [1.29, 1.82) is 0 Å². The molecule has 0 saturated carbocycles. The number of carbonyl (C=O) groups is 1. The van der Waals surface area contributed by atoms with Crippen LogP contribution in [-0.4, -0.2) is 10.8 Å². The van der Waals surface area contributed by atoms with Gasteiger partial charge < -0.3 is 5.32 Å². The summed E-state index contributed by atoms with van der Waals surface area (Å²) < 4.78 is 0. The van der Waals surface area contributed by atoms with Crippen LogP contribution in [0.25, 0.3) is 11.3 Å². The van der Waals surface area contributed by atoms with Crippen molar-refractivity contribution in [2.24, 2.45) is 0 Å². The van der Waals surface area contributed by atoms with Gasteiger partial charge in [-0.05, 0) is 12.1 Å². The van der Waals surface area contributed by atoms with Gasteiger partial charge in [0.2, 0.25) is 5.78 Å². The summed E-state index contributed by atoms with van der Waals surface area (Å²) in [6.07, 6.45) is 0. The van der Waals surface area contributed by atoms with Crippen LogP contribution in [-0.2, 0) is 0 Å². The Morgan fingerprint density at radius 3 is 2.19 bits per heavy atom. The number of rotatable bonds is 5. The predicted octanol–water partition coefficient (Wildman–Crippen LogP) is 6.44. The molecule has 1 aromatic heterocycles. The standard InChI is InChI=1S/C22H15ClN2OS/c23-17-13-7-8-14-18(17)24-22-25-19(15-9-3-1-4-10-15)21(27-22)20(26)16-11-5-2-6-12-16/h1-14H,(H,24,25). The molecule has 3 aromatic carbocycles. The van der Waals surface area contributed by atoms with Crippen LogP contribution < -0.4 is 5.32 Å². The number of benzene rings is 3. The van der Waals surface area contributed by atoms with E-state index < -0.39 is 0 Å². The Morgan fingerprint density at radius 2 is 1.48 bits per heavy atom. The molecule has 1 N–H and O–H groups in total. The van der Waals surface area contributed by atoms with Gasteiger partial charge in [-0.15, -0.1) is 0 Å². The molecular formula is C22H15ClN2OS. The molecule has 5 heteroatoms. The third-order valence-electron chi connectivity index (χ3n) is 4.03. The number of thiazole rings is 1. The molecule has 0 aliphatic carbocycles. The van der Waals surface area contributed by atoms with Gasteiger partial charge in [-0.1, -0.05) is 95.7 Å². The molecule has 0 aliphatic rings. The molecule has 0 spiro atoms. The quantitative estimate of drug-likeness (QED) is 0.399. The van der Waals surface area contributed by atoms with Crippen LogP contribution in [0.3, 0.4) is 0 Å². The van der Waals surface area contributed by atoms with E-state index >= 15 is 0 Å². The summed E-state index contributed by atoms with van der Waals surface area (Å²) in [6, 6.07) is 26.4. The SMILES string of the molecule is O=C(c1ccccc1)c1sc(Nc2ccccc2Cl)nc1-c1ccccc1. The fraction of sp³-hybridized carbons (Fsp3) is 0. The van der Waals surface area contributed by atoms with E-state index in [1.165, 1.54) is 11.3 Å². The Hall–Kier alpha value is -2.95. The summed E-state index contributed by atoms with van der Waals surface area (Å²) in [5, 5.41) is 4.46. The number of anilines is 2. The molecule has 4 aromatic rings. The van der Waals surface area contributed by atoms with Crippen molar-refractivity contribution in [3.05, 3.63) is 100 Å². The van der Waals surface area contributed by atoms with Crippen molar-refractivity contribution in [3.63, 3.8) is 0 Å². The van der Waals surface area contributed by atoms with Crippen molar-refractivity contribution >= 4 is 39.5 Å². The first kappa shape index (κ1) is 17.5. The normalized spacial score (nSPS) is 10.6. The van der Waals surface area contributed by atoms with E-state index in [1.54, 1.807) is 0 Å². The highest BCUT2D eigenvalue weighted by Gasteiger charge is 2.21. The number of nitrogens with zero attached hydrogens (tertiary/aromatic N) is 1. The molecule has 0 bridgehead atoms. The lowest BCUT2D eigenvalue weighted by Gasteiger charge is -2.03. The molecule has 0 saturated heterocycles. The minimum absolute atomic E-state index is 0.0424. The molecular weight excluding hydrogens is 376 g/mol.